The molecular weight excluding hydrogens is 439 g/mol. The first-order valence-corrected chi connectivity index (χ1v) is 11.7. The largest absolute Gasteiger partial charge is 0.486 e. The quantitative estimate of drug-likeness (QED) is 0.569. The number of aliphatic hydroxyl groups is 1. The molecule has 1 aromatic carbocycles. The molecule has 0 saturated carbocycles. The summed E-state index contributed by atoms with van der Waals surface area (Å²) >= 11 is 0. The predicted molar refractivity (Wildman–Crippen MR) is 124 cm³/mol. The van der Waals surface area contributed by atoms with Crippen LogP contribution < -0.4 is 20.3 Å². The number of halogens is 1. The monoisotopic (exact) mass is 466 g/mol. The van der Waals surface area contributed by atoms with E-state index in [9.17, 15) is 14.3 Å². The Morgan fingerprint density at radius 3 is 2.82 bits per heavy atom. The summed E-state index contributed by atoms with van der Waals surface area (Å²) in [7, 11) is 0. The van der Waals surface area contributed by atoms with Gasteiger partial charge in [0, 0.05) is 68.8 Å². The Hall–Kier alpha value is -3.01. The average Bonchev–Trinajstić information content (AvgIpc) is 3.39. The van der Waals surface area contributed by atoms with E-state index >= 15 is 0 Å². The molecule has 8 nitrogen and oxygen atoms in total. The highest BCUT2D eigenvalue weighted by atomic mass is 19.1. The highest BCUT2D eigenvalue weighted by Crippen LogP contribution is 2.36. The fourth-order valence-corrected chi connectivity index (χ4v) is 5.50. The van der Waals surface area contributed by atoms with E-state index in [0.717, 1.165) is 11.1 Å². The van der Waals surface area contributed by atoms with Crippen LogP contribution in [0.4, 0.5) is 4.39 Å². The number of β-amino-alcohol motifs (C(OH)–C–C–N with tert-alkyl or cyclic N) is 1. The Bertz CT molecular complexity index is 1300. The van der Waals surface area contributed by atoms with E-state index in [0.29, 0.717) is 75.1 Å². The van der Waals surface area contributed by atoms with Crippen LogP contribution in [-0.2, 0) is 13.1 Å². The third-order valence-corrected chi connectivity index (χ3v) is 7.11. The third kappa shape index (κ3) is 3.83. The van der Waals surface area contributed by atoms with Crippen LogP contribution >= 0.6 is 0 Å². The molecule has 6 rings (SSSR count). The second-order valence-corrected chi connectivity index (χ2v) is 9.37. The summed E-state index contributed by atoms with van der Waals surface area (Å²) in [4.78, 5) is 19.0. The van der Waals surface area contributed by atoms with Gasteiger partial charge in [-0.15, -0.1) is 0 Å². The van der Waals surface area contributed by atoms with Crippen LogP contribution in [0.5, 0.6) is 11.5 Å². The smallest absolute Gasteiger partial charge is 0.251 e. The summed E-state index contributed by atoms with van der Waals surface area (Å²) in [5, 5.41) is 14.9. The number of aromatic nitrogens is 2. The number of fused-ring (bicyclic) bond motifs is 1. The van der Waals surface area contributed by atoms with Crippen molar-refractivity contribution in [2.75, 3.05) is 39.4 Å². The van der Waals surface area contributed by atoms with E-state index in [1.807, 2.05) is 6.07 Å². The minimum absolute atomic E-state index is 0.0596. The molecule has 9 heteroatoms. The lowest BCUT2D eigenvalue weighted by Crippen LogP contribution is -2.31. The van der Waals surface area contributed by atoms with Crippen LogP contribution in [0.3, 0.4) is 0 Å². The van der Waals surface area contributed by atoms with Gasteiger partial charge in [-0.3, -0.25) is 14.7 Å². The fourth-order valence-electron chi connectivity index (χ4n) is 5.50. The number of pyridine rings is 2. The Kier molecular flexibility index (Phi) is 5.47. The molecular formula is C25H27FN4O4. The number of aliphatic hydroxyl groups excluding tert-OH is 1. The van der Waals surface area contributed by atoms with Gasteiger partial charge >= 0.3 is 0 Å². The van der Waals surface area contributed by atoms with Gasteiger partial charge in [-0.1, -0.05) is 0 Å². The van der Waals surface area contributed by atoms with Gasteiger partial charge in [0.2, 0.25) is 0 Å². The van der Waals surface area contributed by atoms with Gasteiger partial charge in [0.15, 0.2) is 11.5 Å². The van der Waals surface area contributed by atoms with Crippen LogP contribution in [0.25, 0.3) is 10.9 Å². The van der Waals surface area contributed by atoms with Gasteiger partial charge in [-0.25, -0.2) is 4.39 Å². The van der Waals surface area contributed by atoms with E-state index in [4.69, 9.17) is 9.47 Å². The molecule has 1 fully saturated rings. The topological polar surface area (TPSA) is 88.9 Å². The number of nitrogens with one attached hydrogen (secondary N) is 1. The molecule has 0 radical (unpaired) electrons. The molecule has 1 unspecified atom stereocenters. The van der Waals surface area contributed by atoms with Crippen LogP contribution in [0.1, 0.15) is 17.2 Å². The molecule has 3 atom stereocenters. The summed E-state index contributed by atoms with van der Waals surface area (Å²) in [5.74, 6) is 1.06. The summed E-state index contributed by atoms with van der Waals surface area (Å²) in [6, 6.07) is 8.40. The zero-order chi connectivity index (χ0) is 23.2. The maximum absolute atomic E-state index is 14.8. The maximum atomic E-state index is 14.8. The normalized spacial score (nSPS) is 23.6. The predicted octanol–water partition coefficient (Wildman–Crippen LogP) is 1.49. The first-order valence-electron chi connectivity index (χ1n) is 11.7. The number of ether oxygens (including phenoxy) is 2. The minimum Gasteiger partial charge on any atom is -0.486 e. The summed E-state index contributed by atoms with van der Waals surface area (Å²) in [6.45, 7) is 4.60. The number of benzene rings is 1. The van der Waals surface area contributed by atoms with Gasteiger partial charge < -0.3 is 24.5 Å². The summed E-state index contributed by atoms with van der Waals surface area (Å²) < 4.78 is 27.6. The standard InChI is InChI=1S/C25H27FN4O4/c26-19-3-1-15-2-4-23(32)30-13-17(24(19)25(15)30)12-29-11-16(20(31)14-29)8-27-9-18-7-21-22(10-28-18)34-6-5-33-21/h1-4,7,10,16-17,20,27,31H,5-6,8-9,11-14H2/t16-,17?,20+/m0/s1. The van der Waals surface area contributed by atoms with Crippen LogP contribution in [0.15, 0.2) is 41.3 Å². The molecule has 3 aromatic rings. The Labute approximate surface area is 195 Å². The second kappa shape index (κ2) is 8.65. The van der Waals surface area contributed by atoms with Crippen molar-refractivity contribution >= 4 is 10.9 Å². The highest BCUT2D eigenvalue weighted by Gasteiger charge is 2.35. The van der Waals surface area contributed by atoms with Gasteiger partial charge in [0.05, 0.1) is 23.5 Å². The molecule has 0 aliphatic carbocycles. The molecule has 0 amide bonds. The van der Waals surface area contributed by atoms with E-state index in [1.165, 1.54) is 6.07 Å². The lowest BCUT2D eigenvalue weighted by atomic mass is 9.98. The third-order valence-electron chi connectivity index (χ3n) is 7.11. The van der Waals surface area contributed by atoms with Crippen LogP contribution in [0.2, 0.25) is 0 Å². The SMILES string of the molecule is O=c1ccc2ccc(F)c3c2n1CC3CN1C[C@H](CNCc2cc3c(cn2)OCCO3)[C@H](O)C1. The van der Waals surface area contributed by atoms with E-state index in [-0.39, 0.29) is 23.2 Å². The maximum Gasteiger partial charge on any atom is 0.251 e. The second-order valence-electron chi connectivity index (χ2n) is 9.37. The Balaban J connectivity index is 1.08. The zero-order valence-corrected chi connectivity index (χ0v) is 18.7. The molecule has 2 N–H and O–H groups in total. The van der Waals surface area contributed by atoms with Crippen molar-refractivity contribution in [2.45, 2.75) is 25.1 Å². The lowest BCUT2D eigenvalue weighted by molar-refractivity contribution is 0.139. The highest BCUT2D eigenvalue weighted by molar-refractivity contribution is 5.84. The van der Waals surface area contributed by atoms with Gasteiger partial charge in [-0.2, -0.15) is 0 Å². The molecule has 0 bridgehead atoms. The molecule has 0 spiro atoms. The number of hydrogen-bond donors (Lipinski definition) is 2. The van der Waals surface area contributed by atoms with Crippen molar-refractivity contribution in [1.82, 2.24) is 19.8 Å². The van der Waals surface area contributed by atoms with Crippen molar-refractivity contribution in [3.8, 4) is 11.5 Å². The van der Waals surface area contributed by atoms with Crippen molar-refractivity contribution < 1.29 is 19.0 Å². The van der Waals surface area contributed by atoms with Crippen molar-refractivity contribution in [2.24, 2.45) is 5.92 Å². The van der Waals surface area contributed by atoms with Gasteiger partial charge in [0.25, 0.3) is 5.56 Å². The van der Waals surface area contributed by atoms with E-state index in [2.05, 4.69) is 15.2 Å². The molecule has 178 valence electrons. The first-order chi connectivity index (χ1) is 16.6. The van der Waals surface area contributed by atoms with Crippen molar-refractivity contribution in [1.29, 1.82) is 0 Å². The number of likely N-dealkylation sites (tertiary alicyclic amines) is 1. The summed E-state index contributed by atoms with van der Waals surface area (Å²) in [5.41, 5.74) is 2.09. The van der Waals surface area contributed by atoms with Crippen molar-refractivity contribution in [3.05, 3.63) is 64.0 Å². The minimum atomic E-state index is -0.465. The first kappa shape index (κ1) is 21.5. The van der Waals surface area contributed by atoms with Gasteiger partial charge in [0.1, 0.15) is 19.0 Å². The number of hydrogen-bond acceptors (Lipinski definition) is 7. The van der Waals surface area contributed by atoms with E-state index < -0.39 is 6.10 Å². The van der Waals surface area contributed by atoms with Crippen LogP contribution in [0, 0.1) is 11.7 Å². The fraction of sp³-hybridized carbons (Fsp3) is 0.440. The Morgan fingerprint density at radius 2 is 1.94 bits per heavy atom. The van der Waals surface area contributed by atoms with Gasteiger partial charge in [-0.05, 0) is 23.6 Å². The lowest BCUT2D eigenvalue weighted by Gasteiger charge is -2.21. The number of nitrogens with zero attached hydrogens (tertiary/aromatic N) is 3. The number of rotatable bonds is 6. The van der Waals surface area contributed by atoms with E-state index in [1.54, 1.807) is 29.0 Å². The molecule has 1 saturated heterocycles. The molecule has 2 aromatic heterocycles. The zero-order valence-electron chi connectivity index (χ0n) is 18.7. The average molecular weight is 467 g/mol. The Morgan fingerprint density at radius 1 is 1.12 bits per heavy atom. The van der Waals surface area contributed by atoms with Crippen LogP contribution in [-0.4, -0.2) is 65.1 Å². The molecule has 5 heterocycles. The molecule has 34 heavy (non-hydrogen) atoms. The molecule has 3 aliphatic rings. The summed E-state index contributed by atoms with van der Waals surface area (Å²) in [6.07, 6.45) is 1.22. The molecule has 3 aliphatic heterocycles. The van der Waals surface area contributed by atoms with Crippen molar-refractivity contribution in [3.63, 3.8) is 0 Å².